The van der Waals surface area contributed by atoms with Gasteiger partial charge in [0.15, 0.2) is 0 Å². The number of rotatable bonds is 3. The monoisotopic (exact) mass is 390 g/mol. The lowest BCUT2D eigenvalue weighted by Crippen LogP contribution is -2.52. The first kappa shape index (κ1) is 18.9. The third-order valence-corrected chi connectivity index (χ3v) is 5.59. The van der Waals surface area contributed by atoms with Crippen LogP contribution < -0.4 is 4.90 Å². The highest BCUT2D eigenvalue weighted by Gasteiger charge is 2.38. The van der Waals surface area contributed by atoms with Gasteiger partial charge in [-0.2, -0.15) is 0 Å². The van der Waals surface area contributed by atoms with E-state index in [1.165, 1.54) is 6.07 Å². The number of carbonyl (C=O) groups is 1. The van der Waals surface area contributed by atoms with Crippen LogP contribution in [0.4, 0.5) is 14.5 Å². The van der Waals surface area contributed by atoms with Gasteiger partial charge in [-0.15, -0.1) is 0 Å². The van der Waals surface area contributed by atoms with Crippen LogP contribution in [0.1, 0.15) is 24.8 Å². The van der Waals surface area contributed by atoms with Gasteiger partial charge < -0.3 is 19.1 Å². The normalized spacial score (nSPS) is 23.1. The predicted molar refractivity (Wildman–Crippen MR) is 99.8 cm³/mol. The lowest BCUT2D eigenvalue weighted by molar-refractivity contribution is -0.146. The number of carbonyl (C=O) groups excluding carboxylic acids is 1. The molecule has 6 nitrogen and oxygen atoms in total. The van der Waals surface area contributed by atoms with Crippen molar-refractivity contribution in [1.82, 2.24) is 14.5 Å². The number of amides is 1. The lowest BCUT2D eigenvalue weighted by Gasteiger charge is -2.39. The molecule has 2 aliphatic heterocycles. The molecule has 1 aromatic carbocycles. The minimum atomic E-state index is -0.466. The Labute approximate surface area is 162 Å². The Morgan fingerprint density at radius 2 is 2.00 bits per heavy atom. The van der Waals surface area contributed by atoms with Crippen molar-refractivity contribution in [3.05, 3.63) is 48.1 Å². The average molecular weight is 390 g/mol. The number of hydrogen-bond acceptors (Lipinski definition) is 4. The second kappa shape index (κ2) is 7.87. The van der Waals surface area contributed by atoms with Crippen molar-refractivity contribution < 1.29 is 18.3 Å². The van der Waals surface area contributed by atoms with Gasteiger partial charge in [0.1, 0.15) is 23.6 Å². The van der Waals surface area contributed by atoms with Crippen LogP contribution in [0.2, 0.25) is 0 Å². The van der Waals surface area contributed by atoms with Crippen molar-refractivity contribution in [3.8, 4) is 0 Å². The Kier molecular flexibility index (Phi) is 5.30. The molecular formula is C20H24F2N4O2. The van der Waals surface area contributed by atoms with Crippen molar-refractivity contribution in [2.24, 2.45) is 13.0 Å². The van der Waals surface area contributed by atoms with Crippen LogP contribution in [0.5, 0.6) is 0 Å². The van der Waals surface area contributed by atoms with Crippen LogP contribution in [0.25, 0.3) is 0 Å². The molecule has 0 spiro atoms. The van der Waals surface area contributed by atoms with Gasteiger partial charge in [-0.3, -0.25) is 4.79 Å². The number of halogens is 2. The smallest absolute Gasteiger partial charge is 0.228 e. The molecule has 0 aliphatic carbocycles. The van der Waals surface area contributed by atoms with E-state index in [9.17, 15) is 13.6 Å². The zero-order valence-corrected chi connectivity index (χ0v) is 15.9. The van der Waals surface area contributed by atoms with Crippen LogP contribution in [-0.2, 0) is 16.6 Å². The molecule has 2 atom stereocenters. The fraction of sp³-hybridized carbons (Fsp3) is 0.500. The largest absolute Gasteiger partial charge is 0.369 e. The lowest BCUT2D eigenvalue weighted by atomic mass is 9.91. The van der Waals surface area contributed by atoms with E-state index >= 15 is 0 Å². The van der Waals surface area contributed by atoms with Crippen LogP contribution in [0.15, 0.2) is 30.6 Å². The number of imidazole rings is 1. The summed E-state index contributed by atoms with van der Waals surface area (Å²) in [5.74, 6) is -0.373. The molecule has 1 amide bonds. The van der Waals surface area contributed by atoms with Crippen LogP contribution in [0, 0.1) is 17.6 Å². The first-order valence-electron chi connectivity index (χ1n) is 9.62. The van der Waals surface area contributed by atoms with Gasteiger partial charge >= 0.3 is 0 Å². The highest BCUT2D eigenvalue weighted by Crippen LogP contribution is 2.34. The highest BCUT2D eigenvalue weighted by molar-refractivity contribution is 5.80. The molecule has 3 heterocycles. The minimum absolute atomic E-state index is 0.0482. The van der Waals surface area contributed by atoms with Crippen molar-refractivity contribution in [3.63, 3.8) is 0 Å². The third kappa shape index (κ3) is 3.61. The van der Waals surface area contributed by atoms with Gasteiger partial charge in [0.25, 0.3) is 0 Å². The summed E-state index contributed by atoms with van der Waals surface area (Å²) in [7, 11) is 1.90. The second-order valence-corrected chi connectivity index (χ2v) is 7.34. The van der Waals surface area contributed by atoms with E-state index in [4.69, 9.17) is 4.74 Å². The number of piperazine rings is 1. The quantitative estimate of drug-likeness (QED) is 0.808. The fourth-order valence-corrected chi connectivity index (χ4v) is 4.07. The Hall–Kier alpha value is -2.48. The Balaban J connectivity index is 1.44. The van der Waals surface area contributed by atoms with E-state index in [-0.39, 0.29) is 23.6 Å². The van der Waals surface area contributed by atoms with E-state index in [1.807, 2.05) is 22.7 Å². The maximum absolute atomic E-state index is 14.0. The molecule has 2 saturated heterocycles. The average Bonchev–Trinajstić information content (AvgIpc) is 3.15. The maximum atomic E-state index is 14.0. The van der Waals surface area contributed by atoms with Crippen molar-refractivity contribution in [1.29, 1.82) is 0 Å². The van der Waals surface area contributed by atoms with E-state index in [2.05, 4.69) is 4.98 Å². The summed E-state index contributed by atoms with van der Waals surface area (Å²) in [5, 5.41) is 0. The molecule has 0 bridgehead atoms. The molecule has 0 radical (unpaired) electrons. The number of hydrogen-bond donors (Lipinski definition) is 0. The van der Waals surface area contributed by atoms with Gasteiger partial charge in [0, 0.05) is 58.3 Å². The van der Waals surface area contributed by atoms with Crippen LogP contribution in [-0.4, -0.2) is 53.1 Å². The molecule has 4 rings (SSSR count). The van der Waals surface area contributed by atoms with E-state index < -0.39 is 11.6 Å². The summed E-state index contributed by atoms with van der Waals surface area (Å²) >= 11 is 0. The van der Waals surface area contributed by atoms with Crippen molar-refractivity contribution in [2.75, 3.05) is 37.7 Å². The first-order valence-corrected chi connectivity index (χ1v) is 9.62. The number of benzene rings is 1. The summed E-state index contributed by atoms with van der Waals surface area (Å²) < 4.78 is 35.3. The Morgan fingerprint density at radius 1 is 1.21 bits per heavy atom. The molecule has 8 heteroatoms. The van der Waals surface area contributed by atoms with E-state index in [0.29, 0.717) is 32.8 Å². The molecule has 2 fully saturated rings. The van der Waals surface area contributed by atoms with Gasteiger partial charge in [0.2, 0.25) is 5.91 Å². The topological polar surface area (TPSA) is 50.6 Å². The SMILES string of the molecule is Cn1ccnc1[C@@H]1OCCC[C@H]1C(=O)N1CCN(c2cc(F)ccc2F)CC1. The van der Waals surface area contributed by atoms with E-state index in [1.54, 1.807) is 11.1 Å². The summed E-state index contributed by atoms with van der Waals surface area (Å²) in [4.78, 5) is 21.2. The Bertz CT molecular complexity index is 848. The van der Waals surface area contributed by atoms with Gasteiger partial charge in [-0.25, -0.2) is 13.8 Å². The van der Waals surface area contributed by atoms with Crippen LogP contribution in [0.3, 0.4) is 0 Å². The molecule has 0 N–H and O–H groups in total. The first-order chi connectivity index (χ1) is 13.5. The van der Waals surface area contributed by atoms with Gasteiger partial charge in [-0.05, 0) is 25.0 Å². The molecule has 1 aromatic heterocycles. The number of nitrogens with zero attached hydrogens (tertiary/aromatic N) is 4. The molecular weight excluding hydrogens is 366 g/mol. The number of anilines is 1. The number of aryl methyl sites for hydroxylation is 1. The molecule has 0 unspecified atom stereocenters. The van der Waals surface area contributed by atoms with Crippen molar-refractivity contribution in [2.45, 2.75) is 18.9 Å². The molecule has 2 aliphatic rings. The van der Waals surface area contributed by atoms with Crippen molar-refractivity contribution >= 4 is 11.6 Å². The number of ether oxygens (including phenoxy) is 1. The van der Waals surface area contributed by atoms with E-state index in [0.717, 1.165) is 30.8 Å². The molecule has 28 heavy (non-hydrogen) atoms. The molecule has 150 valence electrons. The molecule has 0 saturated carbocycles. The van der Waals surface area contributed by atoms with Crippen LogP contribution >= 0.6 is 0 Å². The summed E-state index contributed by atoms with van der Waals surface area (Å²) in [6, 6.07) is 3.46. The summed E-state index contributed by atoms with van der Waals surface area (Å²) in [6.07, 6.45) is 4.81. The standard InChI is InChI=1S/C20H24F2N4O2/c1-24-7-6-23-19(24)18-15(3-2-12-28-18)20(27)26-10-8-25(9-11-26)17-13-14(21)4-5-16(17)22/h4-7,13,15,18H,2-3,8-12H2,1H3/t15-,18-/m1/s1. The highest BCUT2D eigenvalue weighted by atomic mass is 19.1. The van der Waals surface area contributed by atoms with Gasteiger partial charge in [0.05, 0.1) is 11.6 Å². The summed E-state index contributed by atoms with van der Waals surface area (Å²) in [5.41, 5.74) is 0.249. The molecule has 2 aromatic rings. The summed E-state index contributed by atoms with van der Waals surface area (Å²) in [6.45, 7) is 2.49. The van der Waals surface area contributed by atoms with Gasteiger partial charge in [-0.1, -0.05) is 0 Å². The predicted octanol–water partition coefficient (Wildman–Crippen LogP) is 2.51. The maximum Gasteiger partial charge on any atom is 0.228 e. The number of aromatic nitrogens is 2. The zero-order chi connectivity index (χ0) is 19.7. The minimum Gasteiger partial charge on any atom is -0.369 e. The third-order valence-electron chi connectivity index (χ3n) is 5.59. The zero-order valence-electron chi connectivity index (χ0n) is 15.9. The second-order valence-electron chi connectivity index (χ2n) is 7.34. The fourth-order valence-electron chi connectivity index (χ4n) is 4.07. The Morgan fingerprint density at radius 3 is 2.71 bits per heavy atom.